The van der Waals surface area contributed by atoms with Crippen molar-refractivity contribution >= 4 is 27.9 Å². The Hall–Kier alpha value is -2.90. The molecule has 0 aliphatic rings. The molecule has 0 aliphatic carbocycles. The summed E-state index contributed by atoms with van der Waals surface area (Å²) in [6.45, 7) is 10.3. The SMILES string of the molecule is COc1cc(C)c(S(=O)(=O)NC(N)=NCCC[C@H](NOC(=O)C(C)(C)C)C(=O)N(C)OC)c(C)c1C. The second-order valence-corrected chi connectivity index (χ2v) is 10.9. The number of hydroxylamine groups is 3. The number of rotatable bonds is 11. The van der Waals surface area contributed by atoms with Gasteiger partial charge in [-0.15, -0.1) is 5.48 Å². The van der Waals surface area contributed by atoms with Gasteiger partial charge in [-0.25, -0.2) is 23.0 Å². The molecule has 0 spiro atoms. The molecular formula is C23H39N5O7S. The molecule has 0 aromatic heterocycles. The number of sulfonamides is 1. The fourth-order valence-corrected chi connectivity index (χ4v) is 4.66. The highest BCUT2D eigenvalue weighted by Gasteiger charge is 2.28. The van der Waals surface area contributed by atoms with Crippen LogP contribution in [0.5, 0.6) is 5.75 Å². The summed E-state index contributed by atoms with van der Waals surface area (Å²) in [5.74, 6) is -0.684. The van der Waals surface area contributed by atoms with Crippen molar-refractivity contribution in [2.45, 2.75) is 65.3 Å². The van der Waals surface area contributed by atoms with Crippen LogP contribution in [0.2, 0.25) is 0 Å². The van der Waals surface area contributed by atoms with Gasteiger partial charge in [0.1, 0.15) is 11.8 Å². The van der Waals surface area contributed by atoms with Crippen molar-refractivity contribution in [3.05, 3.63) is 22.8 Å². The number of ether oxygens (including phenoxy) is 1. The molecule has 36 heavy (non-hydrogen) atoms. The monoisotopic (exact) mass is 529 g/mol. The van der Waals surface area contributed by atoms with Crippen LogP contribution >= 0.6 is 0 Å². The lowest BCUT2D eigenvalue weighted by atomic mass is 9.98. The van der Waals surface area contributed by atoms with E-state index in [-0.39, 0.29) is 23.8 Å². The van der Waals surface area contributed by atoms with Crippen LogP contribution in [0.15, 0.2) is 16.0 Å². The van der Waals surface area contributed by atoms with Crippen LogP contribution in [0.1, 0.15) is 50.3 Å². The molecule has 0 saturated carbocycles. The molecule has 12 nitrogen and oxygen atoms in total. The summed E-state index contributed by atoms with van der Waals surface area (Å²) in [5, 5.41) is 1.01. The van der Waals surface area contributed by atoms with Gasteiger partial charge in [-0.1, -0.05) is 0 Å². The fourth-order valence-electron chi connectivity index (χ4n) is 3.18. The minimum absolute atomic E-state index is 0.108. The van der Waals surface area contributed by atoms with Crippen molar-refractivity contribution in [1.29, 1.82) is 0 Å². The van der Waals surface area contributed by atoms with Crippen LogP contribution in [0, 0.1) is 26.2 Å². The Morgan fingerprint density at radius 3 is 2.31 bits per heavy atom. The van der Waals surface area contributed by atoms with Crippen LogP contribution in [-0.4, -0.2) is 65.2 Å². The maximum atomic E-state index is 13.0. The van der Waals surface area contributed by atoms with E-state index in [9.17, 15) is 18.0 Å². The third-order valence-corrected chi connectivity index (χ3v) is 7.07. The molecule has 0 unspecified atom stereocenters. The summed E-state index contributed by atoms with van der Waals surface area (Å²) in [5.41, 5.74) is 9.33. The van der Waals surface area contributed by atoms with E-state index < -0.39 is 33.4 Å². The summed E-state index contributed by atoms with van der Waals surface area (Å²) in [6.07, 6.45) is 0.541. The Bertz CT molecular complexity index is 1080. The average molecular weight is 530 g/mol. The number of hydrogen-bond donors (Lipinski definition) is 3. The number of methoxy groups -OCH3 is 1. The second-order valence-electron chi connectivity index (χ2n) is 9.32. The number of guanidine groups is 1. The second kappa shape index (κ2) is 12.9. The lowest BCUT2D eigenvalue weighted by Crippen LogP contribution is -2.46. The van der Waals surface area contributed by atoms with Crippen molar-refractivity contribution in [2.24, 2.45) is 16.1 Å². The van der Waals surface area contributed by atoms with Crippen LogP contribution < -0.4 is 20.7 Å². The predicted molar refractivity (Wildman–Crippen MR) is 135 cm³/mol. The van der Waals surface area contributed by atoms with Crippen molar-refractivity contribution in [1.82, 2.24) is 15.3 Å². The van der Waals surface area contributed by atoms with Gasteiger partial charge in [0.25, 0.3) is 15.9 Å². The highest BCUT2D eigenvalue weighted by atomic mass is 32.2. The number of likely N-dealkylation sites (N-methyl/N-ethyl adjacent to an activating group) is 1. The maximum Gasteiger partial charge on any atom is 0.330 e. The van der Waals surface area contributed by atoms with Gasteiger partial charge in [0.2, 0.25) is 5.96 Å². The van der Waals surface area contributed by atoms with Crippen LogP contribution in [0.3, 0.4) is 0 Å². The molecule has 1 atom stereocenters. The van der Waals surface area contributed by atoms with Crippen LogP contribution in [0.4, 0.5) is 0 Å². The summed E-state index contributed by atoms with van der Waals surface area (Å²) in [6, 6.07) is 0.750. The Kier molecular flexibility index (Phi) is 11.1. The number of amides is 1. The number of nitrogens with zero attached hydrogens (tertiary/aromatic N) is 2. The van der Waals surface area contributed by atoms with Crippen molar-refractivity contribution in [3.8, 4) is 5.75 Å². The van der Waals surface area contributed by atoms with E-state index in [0.29, 0.717) is 28.9 Å². The third-order valence-electron chi connectivity index (χ3n) is 5.43. The summed E-state index contributed by atoms with van der Waals surface area (Å²) >= 11 is 0. The Morgan fingerprint density at radius 1 is 1.17 bits per heavy atom. The van der Waals surface area contributed by atoms with Gasteiger partial charge in [0, 0.05) is 13.6 Å². The van der Waals surface area contributed by atoms with Gasteiger partial charge in [0.05, 0.1) is 24.5 Å². The summed E-state index contributed by atoms with van der Waals surface area (Å²) in [4.78, 5) is 38.8. The van der Waals surface area contributed by atoms with Gasteiger partial charge >= 0.3 is 5.97 Å². The van der Waals surface area contributed by atoms with Crippen molar-refractivity contribution in [3.63, 3.8) is 0 Å². The largest absolute Gasteiger partial charge is 0.496 e. The smallest absolute Gasteiger partial charge is 0.330 e. The molecular weight excluding hydrogens is 490 g/mol. The first-order chi connectivity index (χ1) is 16.6. The quantitative estimate of drug-likeness (QED) is 0.167. The number of nitrogens with two attached hydrogens (primary N) is 1. The minimum atomic E-state index is -3.99. The number of aliphatic imine (C=N–C) groups is 1. The molecule has 204 valence electrons. The third kappa shape index (κ3) is 8.35. The van der Waals surface area contributed by atoms with Gasteiger partial charge < -0.3 is 15.3 Å². The first kappa shape index (κ1) is 31.1. The van der Waals surface area contributed by atoms with E-state index in [1.165, 1.54) is 21.3 Å². The fraction of sp³-hybridized carbons (Fsp3) is 0.609. The minimum Gasteiger partial charge on any atom is -0.496 e. The van der Waals surface area contributed by atoms with E-state index in [1.54, 1.807) is 47.6 Å². The molecule has 1 rings (SSSR count). The molecule has 0 aliphatic heterocycles. The molecule has 1 aromatic carbocycles. The van der Waals surface area contributed by atoms with E-state index in [4.69, 9.17) is 20.1 Å². The molecule has 1 aromatic rings. The topological polar surface area (TPSA) is 162 Å². The molecule has 13 heteroatoms. The van der Waals surface area contributed by atoms with E-state index in [1.807, 2.05) is 0 Å². The molecule has 0 bridgehead atoms. The van der Waals surface area contributed by atoms with E-state index >= 15 is 0 Å². The highest BCUT2D eigenvalue weighted by molar-refractivity contribution is 7.90. The molecule has 4 N–H and O–H groups in total. The zero-order chi connectivity index (χ0) is 27.8. The first-order valence-electron chi connectivity index (χ1n) is 11.3. The zero-order valence-corrected chi connectivity index (χ0v) is 23.3. The predicted octanol–water partition coefficient (Wildman–Crippen LogP) is 1.48. The lowest BCUT2D eigenvalue weighted by Gasteiger charge is -2.24. The highest BCUT2D eigenvalue weighted by Crippen LogP contribution is 2.30. The Balaban J connectivity index is 2.88. The molecule has 0 radical (unpaired) electrons. The normalized spacial score (nSPS) is 13.2. The molecule has 0 saturated heterocycles. The van der Waals surface area contributed by atoms with E-state index in [0.717, 1.165) is 5.06 Å². The summed E-state index contributed by atoms with van der Waals surface area (Å²) < 4.78 is 33.5. The number of benzene rings is 1. The van der Waals surface area contributed by atoms with E-state index in [2.05, 4.69) is 15.2 Å². The average Bonchev–Trinajstić information content (AvgIpc) is 2.78. The summed E-state index contributed by atoms with van der Waals surface area (Å²) in [7, 11) is 0.294. The van der Waals surface area contributed by atoms with Gasteiger partial charge in [-0.2, -0.15) is 0 Å². The molecule has 0 fully saturated rings. The van der Waals surface area contributed by atoms with Gasteiger partial charge in [-0.3, -0.25) is 14.6 Å². The van der Waals surface area contributed by atoms with Crippen molar-refractivity contribution in [2.75, 3.05) is 27.8 Å². The standard InChI is InChI=1S/C23H39N5O7S/c1-14-13-18(33-8)15(2)16(3)19(14)36(31,32)27-22(24)25-12-10-11-17(20(29)28(7)34-9)26-35-21(30)23(4,5)6/h13,17,26H,10-12H2,1-9H3,(H3,24,25,27)/t17-/m0/s1. The van der Waals surface area contributed by atoms with Crippen molar-refractivity contribution < 1.29 is 32.4 Å². The van der Waals surface area contributed by atoms with Gasteiger partial charge in [-0.05, 0) is 77.1 Å². The Labute approximate surface area is 213 Å². The van der Waals surface area contributed by atoms with Gasteiger partial charge in [0.15, 0.2) is 0 Å². The maximum absolute atomic E-state index is 13.0. The lowest BCUT2D eigenvalue weighted by molar-refractivity contribution is -0.179. The number of aryl methyl sites for hydroxylation is 1. The number of nitrogens with one attached hydrogen (secondary N) is 2. The molecule has 1 amide bonds. The number of hydrogen-bond acceptors (Lipinski definition) is 9. The zero-order valence-electron chi connectivity index (χ0n) is 22.5. The molecule has 0 heterocycles. The first-order valence-corrected chi connectivity index (χ1v) is 12.8. The van der Waals surface area contributed by atoms with Crippen LogP contribution in [-0.2, 0) is 29.3 Å². The number of carbonyl (C=O) groups excluding carboxylic acids is 2. The number of carbonyl (C=O) groups is 2. The Morgan fingerprint density at radius 2 is 1.78 bits per heavy atom. The van der Waals surface area contributed by atoms with Crippen LogP contribution in [0.25, 0.3) is 0 Å².